The lowest BCUT2D eigenvalue weighted by atomic mass is 9.44. The number of ether oxygens (including phenoxy) is 1. The summed E-state index contributed by atoms with van der Waals surface area (Å²) in [6.07, 6.45) is 4.64. The molecule has 9 atom stereocenters. The van der Waals surface area contributed by atoms with Gasteiger partial charge in [0.2, 0.25) is 10.9 Å². The van der Waals surface area contributed by atoms with Crippen molar-refractivity contribution in [2.75, 3.05) is 12.4 Å². The van der Waals surface area contributed by atoms with Gasteiger partial charge in [-0.1, -0.05) is 43.8 Å². The lowest BCUT2D eigenvalue weighted by molar-refractivity contribution is -0.221. The molecule has 0 aliphatic heterocycles. The Morgan fingerprint density at radius 2 is 2.00 bits per heavy atom. The van der Waals surface area contributed by atoms with Gasteiger partial charge in [0, 0.05) is 28.4 Å². The van der Waals surface area contributed by atoms with Gasteiger partial charge in [0.15, 0.2) is 17.1 Å². The van der Waals surface area contributed by atoms with Crippen LogP contribution in [-0.2, 0) is 14.3 Å². The van der Waals surface area contributed by atoms with Gasteiger partial charge in [-0.05, 0) is 62.0 Å². The highest BCUT2D eigenvalue weighted by Crippen LogP contribution is 2.72. The molecule has 1 aromatic rings. The molecule has 7 nitrogen and oxygen atoms in total. The molecular formula is C30H34F2O7S. The smallest absolute Gasteiger partial charge is 0.375 e. The van der Waals surface area contributed by atoms with E-state index in [2.05, 4.69) is 0 Å². The van der Waals surface area contributed by atoms with Crippen LogP contribution >= 0.6 is 11.8 Å². The number of hydrogen-bond acceptors (Lipinski definition) is 8. The van der Waals surface area contributed by atoms with Crippen LogP contribution in [0.5, 0.6) is 0 Å². The quantitative estimate of drug-likeness (QED) is 0.375. The lowest BCUT2D eigenvalue weighted by Gasteiger charge is -2.63. The molecule has 0 bridgehead atoms. The van der Waals surface area contributed by atoms with Crippen LogP contribution in [-0.4, -0.2) is 63.0 Å². The number of fused-ring (bicyclic) bond motifs is 5. The first-order chi connectivity index (χ1) is 18.9. The van der Waals surface area contributed by atoms with Gasteiger partial charge in [-0.2, -0.15) is 0 Å². The summed E-state index contributed by atoms with van der Waals surface area (Å²) in [5, 5.41) is 20.2. The Morgan fingerprint density at radius 3 is 2.67 bits per heavy atom. The topological polar surface area (TPSA) is 114 Å². The second-order valence-electron chi connectivity index (χ2n) is 11.9. The molecule has 40 heavy (non-hydrogen) atoms. The van der Waals surface area contributed by atoms with E-state index in [4.69, 9.17) is 14.3 Å². The van der Waals surface area contributed by atoms with E-state index in [1.165, 1.54) is 43.5 Å². The Balaban J connectivity index is 1.61. The average molecular weight is 577 g/mol. The normalized spacial score (nSPS) is 42.2. The van der Waals surface area contributed by atoms with E-state index in [9.17, 15) is 19.5 Å². The number of carbonyl (C=O) groups is 3. The minimum Gasteiger partial charge on any atom is -0.457 e. The highest BCUT2D eigenvalue weighted by molar-refractivity contribution is 8.14. The number of halogens is 2. The number of thioether (sulfide) groups is 1. The first-order valence-corrected chi connectivity index (χ1v) is 14.5. The number of hydrogen-bond donors (Lipinski definition) is 2. The Kier molecular flexibility index (Phi) is 7.28. The maximum atomic E-state index is 17.5. The predicted octanol–water partition coefficient (Wildman–Crippen LogP) is 4.55. The number of furan rings is 1. The van der Waals surface area contributed by atoms with Crippen molar-refractivity contribution < 1.29 is 42.5 Å². The van der Waals surface area contributed by atoms with E-state index in [1.807, 2.05) is 0 Å². The summed E-state index contributed by atoms with van der Waals surface area (Å²) in [6.45, 7) is 4.80. The number of alkyl halides is 2. The molecule has 4 aliphatic carbocycles. The van der Waals surface area contributed by atoms with Crippen molar-refractivity contribution >= 4 is 28.6 Å². The van der Waals surface area contributed by atoms with Crippen LogP contribution < -0.4 is 0 Å². The average Bonchev–Trinajstić information content (AvgIpc) is 3.52. The Labute approximate surface area is 235 Å². The molecular weight excluding hydrogens is 542 g/mol. The molecule has 0 spiro atoms. The summed E-state index contributed by atoms with van der Waals surface area (Å²) in [6, 6.07) is 2.93. The lowest BCUT2D eigenvalue weighted by Crippen LogP contribution is -2.70. The van der Waals surface area contributed by atoms with Crippen LogP contribution in [0.15, 0.2) is 58.8 Å². The third kappa shape index (κ3) is 3.85. The predicted molar refractivity (Wildman–Crippen MR) is 144 cm³/mol. The molecule has 2 N–H and O–H groups in total. The molecule has 0 radical (unpaired) electrons. The number of ketones is 1. The zero-order chi connectivity index (χ0) is 29.1. The molecule has 1 aromatic heterocycles. The Hall–Kier alpha value is -2.56. The Bertz CT molecular complexity index is 1290. The number of carbonyl (C=O) groups excluding carboxylic acids is 3. The Morgan fingerprint density at radius 1 is 1.25 bits per heavy atom. The van der Waals surface area contributed by atoms with E-state index in [-0.39, 0.29) is 43.0 Å². The van der Waals surface area contributed by atoms with Gasteiger partial charge in [0.25, 0.3) is 0 Å². The number of aliphatic hydroxyl groups excluding tert-OH is 2. The van der Waals surface area contributed by atoms with Crippen molar-refractivity contribution in [1.29, 1.82) is 0 Å². The molecule has 1 heterocycles. The van der Waals surface area contributed by atoms with Crippen molar-refractivity contribution in [3.05, 3.63) is 60.1 Å². The molecule has 216 valence electrons. The third-order valence-corrected chi connectivity index (χ3v) is 11.0. The fraction of sp³-hybridized carbons (Fsp3) is 0.567. The third-order valence-electron chi connectivity index (χ3n) is 10.0. The van der Waals surface area contributed by atoms with Crippen LogP contribution in [0.4, 0.5) is 8.78 Å². The minimum absolute atomic E-state index is 0.0188. The SMILES string of the molecule is CC1CC2C3C[C@H](F)C4=CC(=O)C=C[C@]4(C)[C@@]3(F)[C@@H](O)C[C@]2(C)[C@@]1(OC(=O)c1ccco1)C(=O)SC/C=C\CO. The van der Waals surface area contributed by atoms with Gasteiger partial charge in [-0.25, -0.2) is 13.6 Å². The van der Waals surface area contributed by atoms with Crippen LogP contribution in [0.25, 0.3) is 0 Å². The molecule has 3 saturated carbocycles. The van der Waals surface area contributed by atoms with E-state index < -0.39 is 69.0 Å². The van der Waals surface area contributed by atoms with Crippen LogP contribution in [0.2, 0.25) is 0 Å². The summed E-state index contributed by atoms with van der Waals surface area (Å²) in [5.74, 6) is -3.43. The van der Waals surface area contributed by atoms with Gasteiger partial charge < -0.3 is 19.4 Å². The second-order valence-corrected chi connectivity index (χ2v) is 12.8. The largest absolute Gasteiger partial charge is 0.457 e. The number of aliphatic hydroxyl groups is 2. The molecule has 3 unspecified atom stereocenters. The number of esters is 1. The molecule has 0 aromatic carbocycles. The summed E-state index contributed by atoms with van der Waals surface area (Å²) in [4.78, 5) is 39.5. The number of rotatable bonds is 6. The zero-order valence-electron chi connectivity index (χ0n) is 22.6. The first-order valence-electron chi connectivity index (χ1n) is 13.5. The fourth-order valence-electron chi connectivity index (χ4n) is 8.18. The van der Waals surface area contributed by atoms with E-state index in [0.717, 1.165) is 17.8 Å². The fourth-order valence-corrected chi connectivity index (χ4v) is 9.26. The van der Waals surface area contributed by atoms with Gasteiger partial charge >= 0.3 is 5.97 Å². The van der Waals surface area contributed by atoms with Crippen LogP contribution in [0.3, 0.4) is 0 Å². The summed E-state index contributed by atoms with van der Waals surface area (Å²) in [5.41, 5.74) is -6.88. The van der Waals surface area contributed by atoms with Crippen molar-refractivity contribution in [2.24, 2.45) is 28.6 Å². The molecule has 4 aliphatic rings. The summed E-state index contributed by atoms with van der Waals surface area (Å²) in [7, 11) is 0. The van der Waals surface area contributed by atoms with Gasteiger partial charge in [-0.3, -0.25) is 9.59 Å². The van der Waals surface area contributed by atoms with Gasteiger partial charge in [0.05, 0.1) is 19.0 Å². The number of allylic oxidation sites excluding steroid dienone is 4. The van der Waals surface area contributed by atoms with Crippen molar-refractivity contribution in [1.82, 2.24) is 0 Å². The molecule has 0 saturated heterocycles. The molecule has 0 amide bonds. The van der Waals surface area contributed by atoms with Gasteiger partial charge in [-0.15, -0.1) is 0 Å². The summed E-state index contributed by atoms with van der Waals surface area (Å²) >= 11 is 0.906. The minimum atomic E-state index is -2.32. The maximum Gasteiger partial charge on any atom is 0.375 e. The van der Waals surface area contributed by atoms with Crippen molar-refractivity contribution in [3.8, 4) is 0 Å². The van der Waals surface area contributed by atoms with Crippen LogP contribution in [0.1, 0.15) is 50.6 Å². The first kappa shape index (κ1) is 29.0. The second kappa shape index (κ2) is 10.1. The monoisotopic (exact) mass is 576 g/mol. The standard InChI is InChI=1S/C30H34F2O7S/c1-17-13-19-20-15-22(31)21-14-18(34)8-9-27(21,2)29(20,32)24(35)16-28(19,3)30(17,26(37)40-12-5-4-10-33)39-25(36)23-7-6-11-38-23/h4-9,11,14,17,19-20,22,24,33,35H,10,12-13,15-16H2,1-3H3/b5-4-/t17?,19?,20?,22-,24-,27-,28-,29-,30-/m0/s1. The van der Waals surface area contributed by atoms with Gasteiger partial charge in [0.1, 0.15) is 6.17 Å². The summed E-state index contributed by atoms with van der Waals surface area (Å²) < 4.78 is 44.6. The molecule has 5 rings (SSSR count). The highest BCUT2D eigenvalue weighted by atomic mass is 32.2. The molecule has 10 heteroatoms. The van der Waals surface area contributed by atoms with E-state index in [0.29, 0.717) is 0 Å². The van der Waals surface area contributed by atoms with Crippen LogP contribution in [0, 0.1) is 28.6 Å². The van der Waals surface area contributed by atoms with Crippen molar-refractivity contribution in [3.63, 3.8) is 0 Å². The van der Waals surface area contributed by atoms with E-state index in [1.54, 1.807) is 19.9 Å². The molecule has 3 fully saturated rings. The zero-order valence-corrected chi connectivity index (χ0v) is 23.5. The van der Waals surface area contributed by atoms with E-state index >= 15 is 8.78 Å². The maximum absolute atomic E-state index is 17.5. The van der Waals surface area contributed by atoms with Crippen molar-refractivity contribution in [2.45, 2.75) is 63.6 Å². The highest BCUT2D eigenvalue weighted by Gasteiger charge is 2.78.